The van der Waals surface area contributed by atoms with E-state index in [-0.39, 0.29) is 42.5 Å². The van der Waals surface area contributed by atoms with E-state index >= 15 is 0 Å². The minimum atomic E-state index is -4.08. The van der Waals surface area contributed by atoms with Crippen molar-refractivity contribution in [2.45, 2.75) is 119 Å². The average molecular weight is 809 g/mol. The summed E-state index contributed by atoms with van der Waals surface area (Å²) in [7, 11) is -4.08. The van der Waals surface area contributed by atoms with Gasteiger partial charge in [0.25, 0.3) is 5.91 Å². The molecule has 5 amide bonds. The number of nitrogens with zero attached hydrogens (tertiary/aromatic N) is 1. The van der Waals surface area contributed by atoms with Crippen molar-refractivity contribution in [2.24, 2.45) is 5.92 Å². The van der Waals surface area contributed by atoms with Crippen molar-refractivity contribution in [1.82, 2.24) is 30.9 Å². The molecule has 16 nitrogen and oxygen atoms in total. The van der Waals surface area contributed by atoms with Gasteiger partial charge in [0.1, 0.15) is 12.1 Å². The Morgan fingerprint density at radius 2 is 1.58 bits per heavy atom. The Morgan fingerprint density at radius 3 is 2.25 bits per heavy atom. The molecule has 1 saturated heterocycles. The van der Waals surface area contributed by atoms with Gasteiger partial charge in [-0.3, -0.25) is 28.8 Å². The second kappa shape index (κ2) is 19.8. The number of Topliss-reactive ketones (excluding diaryl/α,β-unsaturated/α-hetero) is 1. The molecule has 308 valence electrons. The molecule has 5 atom stereocenters. The van der Waals surface area contributed by atoms with E-state index in [1.165, 1.54) is 29.2 Å². The van der Waals surface area contributed by atoms with E-state index in [0.29, 0.717) is 44.1 Å². The lowest BCUT2D eigenvalue weighted by Gasteiger charge is -2.35. The van der Waals surface area contributed by atoms with E-state index < -0.39 is 82.2 Å². The Labute approximate surface area is 332 Å². The highest BCUT2D eigenvalue weighted by Gasteiger charge is 2.46. The smallest absolute Gasteiger partial charge is 0.330 e. The summed E-state index contributed by atoms with van der Waals surface area (Å²) in [6.07, 6.45) is 6.40. The Hall–Kier alpha value is -5.16. The lowest BCUT2D eigenvalue weighted by Crippen LogP contribution is -2.58. The maximum atomic E-state index is 14.5. The van der Waals surface area contributed by atoms with E-state index in [1.807, 2.05) is 0 Å². The van der Waals surface area contributed by atoms with E-state index in [9.17, 15) is 47.1 Å². The Balaban J connectivity index is 1.34. The molecule has 2 aromatic rings. The monoisotopic (exact) mass is 808 g/mol. The van der Waals surface area contributed by atoms with Crippen LogP contribution >= 0.6 is 0 Å². The summed E-state index contributed by atoms with van der Waals surface area (Å²) in [6.45, 7) is 0.819. The average Bonchev–Trinajstić information content (AvgIpc) is 3.62. The van der Waals surface area contributed by atoms with Gasteiger partial charge >= 0.3 is 5.97 Å². The zero-order valence-corrected chi connectivity index (χ0v) is 32.9. The number of aliphatic carboxylic acids is 1. The standard InChI is InChI=1S/C40H52N6O10S/c1-2-11-30(36(49)38(51)41-23-33(48)44-35(40(53)54)27-15-7-4-8-16-27)42-37(50)31-22-28-24-46(31)39(52)34(26-13-5-3-6-14-26)43-32(47)17-10-9-12-25-18-20-29(21-19-25)57(55,56)45-28/h4,7-8,15-16,18-21,26,28,30-31,34-35,45H,2-3,5-6,9-14,17,22-24H2,1H3,(H,41,51)(H,42,50)(H,43,47)(H,44,48)(H,53,54)/t28-,30?,31?,34?,35+/m1/s1. The van der Waals surface area contributed by atoms with Crippen LogP contribution in [0.4, 0.5) is 0 Å². The van der Waals surface area contributed by atoms with Crippen LogP contribution in [0.3, 0.4) is 0 Å². The molecule has 1 aliphatic carbocycles. The van der Waals surface area contributed by atoms with Crippen LogP contribution in [0.1, 0.15) is 94.7 Å². The minimum absolute atomic E-state index is 0.0186. The highest BCUT2D eigenvalue weighted by molar-refractivity contribution is 7.89. The van der Waals surface area contributed by atoms with Crippen molar-refractivity contribution in [1.29, 1.82) is 0 Å². The van der Waals surface area contributed by atoms with Gasteiger partial charge in [-0.15, -0.1) is 0 Å². The number of aryl methyl sites for hydroxylation is 1. The molecule has 2 fully saturated rings. The van der Waals surface area contributed by atoms with Crippen LogP contribution < -0.4 is 26.0 Å². The summed E-state index contributed by atoms with van der Waals surface area (Å²) in [5, 5.41) is 19.7. The fraction of sp³-hybridized carbons (Fsp3) is 0.525. The largest absolute Gasteiger partial charge is 0.479 e. The summed E-state index contributed by atoms with van der Waals surface area (Å²) < 4.78 is 29.7. The number of carbonyl (C=O) groups excluding carboxylic acids is 6. The molecule has 2 aromatic carbocycles. The zero-order chi connectivity index (χ0) is 41.1. The molecule has 1 saturated carbocycles. The summed E-state index contributed by atoms with van der Waals surface area (Å²) >= 11 is 0. The first-order valence-electron chi connectivity index (χ1n) is 19.7. The number of carboxylic acid groups (broad SMARTS) is 1. The van der Waals surface area contributed by atoms with Crippen molar-refractivity contribution in [2.75, 3.05) is 13.1 Å². The van der Waals surface area contributed by atoms with Crippen LogP contribution in [-0.4, -0.2) is 97.0 Å². The lowest BCUT2D eigenvalue weighted by molar-refractivity contribution is -0.144. The van der Waals surface area contributed by atoms with Crippen LogP contribution in [0, 0.1) is 5.92 Å². The van der Waals surface area contributed by atoms with E-state index in [2.05, 4.69) is 26.0 Å². The third-order valence-corrected chi connectivity index (χ3v) is 12.3. The molecule has 3 unspecified atom stereocenters. The lowest BCUT2D eigenvalue weighted by atomic mass is 9.83. The molecule has 6 rings (SSSR count). The Kier molecular flexibility index (Phi) is 14.9. The van der Waals surface area contributed by atoms with Crippen molar-refractivity contribution in [3.05, 3.63) is 65.7 Å². The van der Waals surface area contributed by atoms with Gasteiger partial charge in [-0.25, -0.2) is 17.9 Å². The number of hydrogen-bond acceptors (Lipinski definition) is 9. The Bertz CT molecular complexity index is 1900. The SMILES string of the molecule is CCCC(NC(=O)C1C[C@@H]2CN1C(=O)C(C1CCCCC1)NC(=O)CCCCc1ccc(cc1)S(=O)(=O)N2)C(=O)C(=O)NCC(=O)N[C@H](C(=O)O)c1ccccc1. The minimum Gasteiger partial charge on any atom is -0.479 e. The van der Waals surface area contributed by atoms with Gasteiger partial charge in [0.15, 0.2) is 6.04 Å². The molecular formula is C40H52N6O10S. The first-order chi connectivity index (χ1) is 27.3. The number of rotatable bonds is 12. The topological polar surface area (TPSA) is 237 Å². The van der Waals surface area contributed by atoms with Crippen molar-refractivity contribution in [3.63, 3.8) is 0 Å². The maximum Gasteiger partial charge on any atom is 0.330 e. The molecule has 57 heavy (non-hydrogen) atoms. The van der Waals surface area contributed by atoms with Gasteiger partial charge in [0.05, 0.1) is 17.5 Å². The molecule has 3 heterocycles. The van der Waals surface area contributed by atoms with Crippen LogP contribution in [0.2, 0.25) is 0 Å². The fourth-order valence-electron chi connectivity index (χ4n) is 7.80. The van der Waals surface area contributed by atoms with E-state index in [1.54, 1.807) is 37.3 Å². The second-order valence-corrected chi connectivity index (χ2v) is 16.7. The van der Waals surface area contributed by atoms with Crippen LogP contribution in [0.15, 0.2) is 59.5 Å². The molecule has 6 N–H and O–H groups in total. The maximum absolute atomic E-state index is 14.5. The predicted molar refractivity (Wildman–Crippen MR) is 207 cm³/mol. The van der Waals surface area contributed by atoms with Crippen molar-refractivity contribution >= 4 is 51.3 Å². The molecule has 4 aliphatic rings. The first kappa shape index (κ1) is 43.0. The number of carbonyl (C=O) groups is 7. The summed E-state index contributed by atoms with van der Waals surface area (Å²) in [5.41, 5.74) is 1.22. The third-order valence-electron chi connectivity index (χ3n) is 10.8. The molecule has 0 spiro atoms. The second-order valence-electron chi connectivity index (χ2n) is 15.0. The van der Waals surface area contributed by atoms with Crippen LogP contribution in [0.5, 0.6) is 0 Å². The normalized spacial score (nSPS) is 22.7. The quantitative estimate of drug-likeness (QED) is 0.170. The highest BCUT2D eigenvalue weighted by atomic mass is 32.2. The molecule has 0 aromatic heterocycles. The number of sulfonamides is 1. The van der Waals surface area contributed by atoms with Gasteiger partial charge in [0, 0.05) is 19.0 Å². The third kappa shape index (κ3) is 11.5. The molecule has 0 radical (unpaired) electrons. The molecular weight excluding hydrogens is 757 g/mol. The number of hydrogen-bond donors (Lipinski definition) is 6. The molecule has 3 aliphatic heterocycles. The summed E-state index contributed by atoms with van der Waals surface area (Å²) in [6, 6.07) is 8.46. The highest BCUT2D eigenvalue weighted by Crippen LogP contribution is 2.30. The van der Waals surface area contributed by atoms with Gasteiger partial charge in [-0.2, -0.15) is 0 Å². The number of fused-ring (bicyclic) bond motifs is 10. The van der Waals surface area contributed by atoms with Crippen molar-refractivity contribution in [3.8, 4) is 0 Å². The van der Waals surface area contributed by atoms with Gasteiger partial charge in [-0.05, 0) is 74.1 Å². The zero-order valence-electron chi connectivity index (χ0n) is 32.0. The Morgan fingerprint density at radius 1 is 0.895 bits per heavy atom. The number of amides is 5. The van der Waals surface area contributed by atoms with Crippen LogP contribution in [-0.2, 0) is 50.0 Å². The molecule has 17 heteroatoms. The summed E-state index contributed by atoms with van der Waals surface area (Å²) in [4.78, 5) is 94.1. The van der Waals surface area contributed by atoms with E-state index in [0.717, 1.165) is 24.8 Å². The van der Waals surface area contributed by atoms with Gasteiger partial charge in [-0.1, -0.05) is 75.1 Å². The number of carboxylic acids is 1. The number of benzene rings is 2. The predicted octanol–water partition coefficient (Wildman–Crippen LogP) is 1.64. The van der Waals surface area contributed by atoms with Gasteiger partial charge in [0.2, 0.25) is 39.4 Å². The van der Waals surface area contributed by atoms with Gasteiger partial charge < -0.3 is 31.3 Å². The van der Waals surface area contributed by atoms with Crippen molar-refractivity contribution < 1.29 is 47.1 Å². The summed E-state index contributed by atoms with van der Waals surface area (Å²) in [5.74, 6) is -6.26. The number of nitrogens with one attached hydrogen (secondary N) is 5. The van der Waals surface area contributed by atoms with E-state index in [4.69, 9.17) is 0 Å². The molecule has 4 bridgehead atoms. The number of ketones is 1. The fourth-order valence-corrected chi connectivity index (χ4v) is 9.04. The van der Waals surface area contributed by atoms with Crippen LogP contribution in [0.25, 0.3) is 0 Å². The first-order valence-corrected chi connectivity index (χ1v) is 21.2.